The van der Waals surface area contributed by atoms with Crippen molar-refractivity contribution in [1.82, 2.24) is 15.1 Å². The standard InChI is InChI=1S/C18H22FN3O2/c19-14-5-3-13(4-6-14)17(12-1-2-12)20-18(24)21-9-10-22(15-7-8-15)16(23)11-21/h3-6,12,15,17H,1-2,7-11H2,(H,20,24)/t17-/m1/s1. The van der Waals surface area contributed by atoms with Gasteiger partial charge in [0, 0.05) is 19.1 Å². The third-order valence-corrected chi connectivity index (χ3v) is 5.13. The highest BCUT2D eigenvalue weighted by atomic mass is 19.1. The van der Waals surface area contributed by atoms with Crippen LogP contribution < -0.4 is 5.32 Å². The maximum Gasteiger partial charge on any atom is 0.318 e. The first-order valence-electron chi connectivity index (χ1n) is 8.72. The number of hydrogen-bond acceptors (Lipinski definition) is 2. The highest BCUT2D eigenvalue weighted by Crippen LogP contribution is 2.41. The zero-order valence-corrected chi connectivity index (χ0v) is 13.6. The summed E-state index contributed by atoms with van der Waals surface area (Å²) in [6, 6.07) is 6.42. The number of urea groups is 1. The van der Waals surface area contributed by atoms with E-state index in [0.717, 1.165) is 31.2 Å². The molecule has 1 aromatic carbocycles. The number of halogens is 1. The second kappa shape index (κ2) is 6.07. The fourth-order valence-electron chi connectivity index (χ4n) is 3.43. The molecule has 2 saturated carbocycles. The van der Waals surface area contributed by atoms with E-state index in [0.29, 0.717) is 25.0 Å². The van der Waals surface area contributed by atoms with Crippen molar-refractivity contribution >= 4 is 11.9 Å². The lowest BCUT2D eigenvalue weighted by atomic mass is 10.0. The fraction of sp³-hybridized carbons (Fsp3) is 0.556. The fourth-order valence-corrected chi connectivity index (χ4v) is 3.43. The molecule has 2 aliphatic carbocycles. The van der Waals surface area contributed by atoms with Crippen molar-refractivity contribution in [3.05, 3.63) is 35.6 Å². The minimum Gasteiger partial charge on any atom is -0.336 e. The van der Waals surface area contributed by atoms with Gasteiger partial charge in [0.05, 0.1) is 6.04 Å². The van der Waals surface area contributed by atoms with Crippen molar-refractivity contribution < 1.29 is 14.0 Å². The van der Waals surface area contributed by atoms with Gasteiger partial charge in [-0.2, -0.15) is 0 Å². The van der Waals surface area contributed by atoms with Gasteiger partial charge in [-0.15, -0.1) is 0 Å². The molecule has 1 aromatic rings. The number of hydrogen-bond donors (Lipinski definition) is 1. The normalized spacial score (nSPS) is 22.5. The molecule has 0 spiro atoms. The predicted octanol–water partition coefficient (Wildman–Crippen LogP) is 2.29. The number of amides is 3. The second-order valence-corrected chi connectivity index (χ2v) is 7.06. The topological polar surface area (TPSA) is 52.7 Å². The van der Waals surface area contributed by atoms with Gasteiger partial charge in [-0.25, -0.2) is 9.18 Å². The summed E-state index contributed by atoms with van der Waals surface area (Å²) in [6.45, 7) is 1.36. The molecule has 0 radical (unpaired) electrons. The van der Waals surface area contributed by atoms with Gasteiger partial charge in [0.15, 0.2) is 0 Å². The molecular formula is C18H22FN3O2. The smallest absolute Gasteiger partial charge is 0.318 e. The number of piperazine rings is 1. The Morgan fingerprint density at radius 2 is 1.83 bits per heavy atom. The van der Waals surface area contributed by atoms with E-state index in [2.05, 4.69) is 5.32 Å². The van der Waals surface area contributed by atoms with Crippen LogP contribution in [0.15, 0.2) is 24.3 Å². The number of carbonyl (C=O) groups is 2. The summed E-state index contributed by atoms with van der Waals surface area (Å²) in [7, 11) is 0. The van der Waals surface area contributed by atoms with Crippen LogP contribution in [0, 0.1) is 11.7 Å². The monoisotopic (exact) mass is 331 g/mol. The van der Waals surface area contributed by atoms with Gasteiger partial charge in [0.25, 0.3) is 0 Å². The molecule has 0 unspecified atom stereocenters. The van der Waals surface area contributed by atoms with Crippen molar-refractivity contribution in [3.8, 4) is 0 Å². The highest BCUT2D eigenvalue weighted by molar-refractivity contribution is 5.85. The van der Waals surface area contributed by atoms with Crippen LogP contribution in [0.3, 0.4) is 0 Å². The zero-order valence-electron chi connectivity index (χ0n) is 13.6. The third-order valence-electron chi connectivity index (χ3n) is 5.13. The Kier molecular flexibility index (Phi) is 3.90. The van der Waals surface area contributed by atoms with Crippen LogP contribution in [0.25, 0.3) is 0 Å². The number of rotatable bonds is 4. The summed E-state index contributed by atoms with van der Waals surface area (Å²) >= 11 is 0. The summed E-state index contributed by atoms with van der Waals surface area (Å²) in [4.78, 5) is 28.3. The lowest BCUT2D eigenvalue weighted by molar-refractivity contribution is -0.135. The van der Waals surface area contributed by atoms with Crippen molar-refractivity contribution in [2.45, 2.75) is 37.8 Å². The third kappa shape index (κ3) is 3.23. The minimum atomic E-state index is -0.276. The number of nitrogens with one attached hydrogen (secondary N) is 1. The molecular weight excluding hydrogens is 309 g/mol. The van der Waals surface area contributed by atoms with E-state index in [1.165, 1.54) is 12.1 Å². The SMILES string of the molecule is O=C(N[C@@H](c1ccc(F)cc1)C1CC1)N1CCN(C2CC2)C(=O)C1. The first-order chi connectivity index (χ1) is 11.6. The maximum atomic E-state index is 13.1. The van der Waals surface area contributed by atoms with Gasteiger partial charge in [-0.3, -0.25) is 4.79 Å². The van der Waals surface area contributed by atoms with E-state index < -0.39 is 0 Å². The zero-order chi connectivity index (χ0) is 16.7. The van der Waals surface area contributed by atoms with E-state index >= 15 is 0 Å². The average molecular weight is 331 g/mol. The first kappa shape index (κ1) is 15.4. The predicted molar refractivity (Wildman–Crippen MR) is 86.7 cm³/mol. The highest BCUT2D eigenvalue weighted by Gasteiger charge is 2.38. The van der Waals surface area contributed by atoms with Crippen molar-refractivity contribution in [2.24, 2.45) is 5.92 Å². The molecule has 0 aromatic heterocycles. The van der Waals surface area contributed by atoms with Crippen LogP contribution in [0.2, 0.25) is 0 Å². The molecule has 6 heteroatoms. The lowest BCUT2D eigenvalue weighted by Gasteiger charge is -2.35. The lowest BCUT2D eigenvalue weighted by Crippen LogP contribution is -2.55. The minimum absolute atomic E-state index is 0.0451. The molecule has 5 nitrogen and oxygen atoms in total. The van der Waals surface area contributed by atoms with Crippen molar-refractivity contribution in [2.75, 3.05) is 19.6 Å². The molecule has 3 fully saturated rings. The Labute approximate surface area is 140 Å². The second-order valence-electron chi connectivity index (χ2n) is 7.06. The van der Waals surface area contributed by atoms with E-state index in [1.54, 1.807) is 17.0 Å². The molecule has 0 bridgehead atoms. The molecule has 128 valence electrons. The van der Waals surface area contributed by atoms with Crippen LogP contribution in [-0.4, -0.2) is 47.4 Å². The van der Waals surface area contributed by atoms with E-state index in [-0.39, 0.29) is 30.3 Å². The average Bonchev–Trinajstić information content (AvgIpc) is 3.47. The summed E-state index contributed by atoms with van der Waals surface area (Å²) in [5.41, 5.74) is 0.926. The molecule has 1 aliphatic heterocycles. The van der Waals surface area contributed by atoms with Crippen LogP contribution in [-0.2, 0) is 4.79 Å². The first-order valence-corrected chi connectivity index (χ1v) is 8.72. The Hall–Kier alpha value is -2.11. The van der Waals surface area contributed by atoms with Crippen LogP contribution in [0.4, 0.5) is 9.18 Å². The van der Waals surface area contributed by atoms with Gasteiger partial charge in [0.1, 0.15) is 12.4 Å². The summed E-state index contributed by atoms with van der Waals surface area (Å²) < 4.78 is 13.1. The molecule has 4 rings (SSSR count). The maximum absolute atomic E-state index is 13.1. The quantitative estimate of drug-likeness (QED) is 0.920. The Bertz CT molecular complexity index is 640. The van der Waals surface area contributed by atoms with Crippen LogP contribution in [0.5, 0.6) is 0 Å². The number of nitrogens with zero attached hydrogens (tertiary/aromatic N) is 2. The van der Waals surface area contributed by atoms with Crippen molar-refractivity contribution in [3.63, 3.8) is 0 Å². The Morgan fingerprint density at radius 1 is 1.12 bits per heavy atom. The molecule has 1 N–H and O–H groups in total. The number of benzene rings is 1. The van der Waals surface area contributed by atoms with Gasteiger partial charge in [0.2, 0.25) is 5.91 Å². The van der Waals surface area contributed by atoms with E-state index in [1.807, 2.05) is 4.90 Å². The van der Waals surface area contributed by atoms with Gasteiger partial charge >= 0.3 is 6.03 Å². The summed E-state index contributed by atoms with van der Waals surface area (Å²) in [6.07, 6.45) is 4.31. The van der Waals surface area contributed by atoms with E-state index in [4.69, 9.17) is 0 Å². The molecule has 3 aliphatic rings. The molecule has 24 heavy (non-hydrogen) atoms. The largest absolute Gasteiger partial charge is 0.336 e. The van der Waals surface area contributed by atoms with Crippen LogP contribution >= 0.6 is 0 Å². The molecule has 1 atom stereocenters. The van der Waals surface area contributed by atoms with Crippen LogP contribution in [0.1, 0.15) is 37.3 Å². The molecule has 3 amide bonds. The number of carbonyl (C=O) groups excluding carboxylic acids is 2. The van der Waals surface area contributed by atoms with Gasteiger partial charge in [-0.05, 0) is 49.3 Å². The van der Waals surface area contributed by atoms with Gasteiger partial charge in [-0.1, -0.05) is 12.1 Å². The Morgan fingerprint density at radius 3 is 2.42 bits per heavy atom. The van der Waals surface area contributed by atoms with Crippen molar-refractivity contribution in [1.29, 1.82) is 0 Å². The summed E-state index contributed by atoms with van der Waals surface area (Å²) in [5, 5.41) is 3.06. The molecule has 1 heterocycles. The van der Waals surface area contributed by atoms with E-state index in [9.17, 15) is 14.0 Å². The van der Waals surface area contributed by atoms with Gasteiger partial charge < -0.3 is 15.1 Å². The summed E-state index contributed by atoms with van der Waals surface area (Å²) in [5.74, 6) is 0.174. The Balaban J connectivity index is 1.40. The molecule has 1 saturated heterocycles.